The molecule has 4 aromatic carbocycles. The predicted molar refractivity (Wildman–Crippen MR) is 119 cm³/mol. The maximum absolute atomic E-state index is 11.8. The van der Waals surface area contributed by atoms with Crippen LogP contribution in [0.4, 0.5) is 17.1 Å². The molecule has 0 aromatic heterocycles. The van der Waals surface area contributed by atoms with Crippen LogP contribution >= 0.6 is 0 Å². The van der Waals surface area contributed by atoms with E-state index in [1.165, 1.54) is 11.6 Å². The summed E-state index contributed by atoms with van der Waals surface area (Å²) < 4.78 is 33.3. The molecule has 0 spiro atoms. The second-order valence-corrected chi connectivity index (χ2v) is 8.33. The SMILES string of the molecule is Cc1cccc(-c2ccc(/N=N/c3cc(S(=O)(=O)O)c4ccccc4c3N)cc2)c1. The van der Waals surface area contributed by atoms with Gasteiger partial charge in [0.15, 0.2) is 0 Å². The molecule has 0 unspecified atom stereocenters. The predicted octanol–water partition coefficient (Wildman–Crippen LogP) is 6.06. The molecular weight excluding hydrogens is 398 g/mol. The first kappa shape index (κ1) is 19.8. The molecule has 7 heteroatoms. The van der Waals surface area contributed by atoms with E-state index in [2.05, 4.69) is 16.3 Å². The van der Waals surface area contributed by atoms with E-state index in [1.807, 2.05) is 49.4 Å². The highest BCUT2D eigenvalue weighted by atomic mass is 32.2. The zero-order valence-electron chi connectivity index (χ0n) is 16.1. The second kappa shape index (κ2) is 7.70. The van der Waals surface area contributed by atoms with Crippen LogP contribution in [0.5, 0.6) is 0 Å². The zero-order valence-corrected chi connectivity index (χ0v) is 17.0. The lowest BCUT2D eigenvalue weighted by Crippen LogP contribution is -2.01. The molecule has 4 rings (SSSR count). The smallest absolute Gasteiger partial charge is 0.295 e. The van der Waals surface area contributed by atoms with Crippen molar-refractivity contribution in [3.63, 3.8) is 0 Å². The van der Waals surface area contributed by atoms with Crippen LogP contribution in [0.25, 0.3) is 21.9 Å². The summed E-state index contributed by atoms with van der Waals surface area (Å²) >= 11 is 0. The lowest BCUT2D eigenvalue weighted by Gasteiger charge is -2.09. The number of anilines is 1. The number of fused-ring (bicyclic) bond motifs is 1. The van der Waals surface area contributed by atoms with Gasteiger partial charge in [0.2, 0.25) is 0 Å². The summed E-state index contributed by atoms with van der Waals surface area (Å²) in [5.74, 6) is 0. The highest BCUT2D eigenvalue weighted by Crippen LogP contribution is 2.36. The summed E-state index contributed by atoms with van der Waals surface area (Å²) in [5, 5.41) is 9.14. The van der Waals surface area contributed by atoms with Gasteiger partial charge in [-0.2, -0.15) is 13.5 Å². The molecule has 0 amide bonds. The van der Waals surface area contributed by atoms with Crippen LogP contribution in [-0.4, -0.2) is 13.0 Å². The summed E-state index contributed by atoms with van der Waals surface area (Å²) in [5.41, 5.74) is 10.6. The molecule has 0 bridgehead atoms. The van der Waals surface area contributed by atoms with Crippen molar-refractivity contribution in [3.8, 4) is 11.1 Å². The van der Waals surface area contributed by atoms with Gasteiger partial charge in [-0.05, 0) is 36.2 Å². The maximum atomic E-state index is 11.8. The van der Waals surface area contributed by atoms with E-state index < -0.39 is 10.1 Å². The summed E-state index contributed by atoms with van der Waals surface area (Å²) in [6.45, 7) is 2.04. The van der Waals surface area contributed by atoms with Crippen molar-refractivity contribution in [2.75, 3.05) is 5.73 Å². The fourth-order valence-corrected chi connectivity index (χ4v) is 4.02. The maximum Gasteiger partial charge on any atom is 0.295 e. The molecule has 3 N–H and O–H groups in total. The number of aryl methyl sites for hydroxylation is 1. The van der Waals surface area contributed by atoms with E-state index in [4.69, 9.17) is 5.73 Å². The molecule has 0 radical (unpaired) electrons. The van der Waals surface area contributed by atoms with Gasteiger partial charge in [0.05, 0.1) is 11.4 Å². The quantitative estimate of drug-likeness (QED) is 0.239. The Hall–Kier alpha value is -3.55. The first-order valence-electron chi connectivity index (χ1n) is 9.20. The Labute approximate surface area is 174 Å². The molecule has 0 fully saturated rings. The summed E-state index contributed by atoms with van der Waals surface area (Å²) in [4.78, 5) is -0.254. The minimum Gasteiger partial charge on any atom is -0.396 e. The van der Waals surface area contributed by atoms with Gasteiger partial charge >= 0.3 is 0 Å². The average Bonchev–Trinajstić information content (AvgIpc) is 2.73. The third-order valence-electron chi connectivity index (χ3n) is 4.80. The Morgan fingerprint density at radius 2 is 1.50 bits per heavy atom. The fraction of sp³-hybridized carbons (Fsp3) is 0.0435. The molecule has 4 aromatic rings. The topological polar surface area (TPSA) is 105 Å². The Morgan fingerprint density at radius 3 is 2.17 bits per heavy atom. The third-order valence-corrected chi connectivity index (χ3v) is 5.69. The standard InChI is InChI=1S/C23H19N3O3S/c1-15-5-4-6-17(13-15)16-9-11-18(12-10-16)25-26-21-14-22(30(27,28)29)19-7-2-3-8-20(19)23(21)24/h2-14H,24H2,1H3,(H,27,28,29)/b26-25+. The van der Waals surface area contributed by atoms with Crippen LogP contribution in [0.2, 0.25) is 0 Å². The van der Waals surface area contributed by atoms with Crippen molar-refractivity contribution >= 4 is 38.0 Å². The summed E-state index contributed by atoms with van der Waals surface area (Å²) in [7, 11) is -4.45. The van der Waals surface area contributed by atoms with Gasteiger partial charge in [0, 0.05) is 10.8 Å². The fourth-order valence-electron chi connectivity index (χ4n) is 3.30. The molecular formula is C23H19N3O3S. The Morgan fingerprint density at radius 1 is 0.800 bits per heavy atom. The molecule has 0 aliphatic heterocycles. The van der Waals surface area contributed by atoms with E-state index >= 15 is 0 Å². The molecule has 0 saturated heterocycles. The molecule has 0 aliphatic rings. The van der Waals surface area contributed by atoms with Gasteiger partial charge in [0.25, 0.3) is 10.1 Å². The highest BCUT2D eigenvalue weighted by Gasteiger charge is 2.18. The molecule has 0 atom stereocenters. The lowest BCUT2D eigenvalue weighted by molar-refractivity contribution is 0.484. The average molecular weight is 417 g/mol. The number of benzene rings is 4. The van der Waals surface area contributed by atoms with Crippen LogP contribution in [0, 0.1) is 6.92 Å². The normalized spacial score (nSPS) is 11.9. The third kappa shape index (κ3) is 3.94. The van der Waals surface area contributed by atoms with Gasteiger partial charge in [-0.15, -0.1) is 5.11 Å². The van der Waals surface area contributed by atoms with E-state index in [0.29, 0.717) is 16.5 Å². The van der Waals surface area contributed by atoms with E-state index in [1.54, 1.807) is 24.3 Å². The summed E-state index contributed by atoms with van der Waals surface area (Å²) in [6, 6.07) is 23.6. The van der Waals surface area contributed by atoms with E-state index in [0.717, 1.165) is 11.1 Å². The van der Waals surface area contributed by atoms with E-state index in [9.17, 15) is 13.0 Å². The monoisotopic (exact) mass is 417 g/mol. The number of hydrogen-bond donors (Lipinski definition) is 2. The van der Waals surface area contributed by atoms with Crippen LogP contribution in [0.1, 0.15) is 5.56 Å². The number of nitrogens with two attached hydrogens (primary N) is 1. The Balaban J connectivity index is 1.71. The first-order valence-corrected chi connectivity index (χ1v) is 10.6. The summed E-state index contributed by atoms with van der Waals surface area (Å²) in [6.07, 6.45) is 0. The van der Waals surface area contributed by atoms with Crippen molar-refractivity contribution in [1.82, 2.24) is 0 Å². The molecule has 150 valence electrons. The zero-order chi connectivity index (χ0) is 21.3. The van der Waals surface area contributed by atoms with Crippen LogP contribution in [-0.2, 0) is 10.1 Å². The number of nitrogen functional groups attached to an aromatic ring is 1. The van der Waals surface area contributed by atoms with Gasteiger partial charge in [-0.1, -0.05) is 66.2 Å². The minimum absolute atomic E-state index is 0.170. The van der Waals surface area contributed by atoms with Gasteiger partial charge in [-0.3, -0.25) is 4.55 Å². The number of azo groups is 1. The van der Waals surface area contributed by atoms with Gasteiger partial charge in [0.1, 0.15) is 10.6 Å². The highest BCUT2D eigenvalue weighted by molar-refractivity contribution is 7.86. The minimum atomic E-state index is -4.45. The Bertz CT molecular complexity index is 1380. The molecule has 0 aliphatic carbocycles. The van der Waals surface area contributed by atoms with Crippen molar-refractivity contribution < 1.29 is 13.0 Å². The first-order chi connectivity index (χ1) is 14.3. The van der Waals surface area contributed by atoms with Crippen molar-refractivity contribution in [2.24, 2.45) is 10.2 Å². The number of nitrogens with zero attached hydrogens (tertiary/aromatic N) is 2. The number of hydrogen-bond acceptors (Lipinski definition) is 5. The van der Waals surface area contributed by atoms with Crippen molar-refractivity contribution in [2.45, 2.75) is 11.8 Å². The van der Waals surface area contributed by atoms with Gasteiger partial charge < -0.3 is 5.73 Å². The molecule has 0 saturated carbocycles. The van der Waals surface area contributed by atoms with Crippen molar-refractivity contribution in [1.29, 1.82) is 0 Å². The van der Waals surface area contributed by atoms with Crippen LogP contribution < -0.4 is 5.73 Å². The molecule has 0 heterocycles. The number of rotatable bonds is 4. The van der Waals surface area contributed by atoms with Crippen LogP contribution in [0.15, 0.2) is 94.0 Å². The van der Waals surface area contributed by atoms with Crippen molar-refractivity contribution in [3.05, 3.63) is 84.4 Å². The second-order valence-electron chi connectivity index (χ2n) is 6.94. The molecule has 6 nitrogen and oxygen atoms in total. The van der Waals surface area contributed by atoms with E-state index in [-0.39, 0.29) is 16.3 Å². The Kier molecular flexibility index (Phi) is 5.07. The lowest BCUT2D eigenvalue weighted by atomic mass is 10.0. The van der Waals surface area contributed by atoms with Crippen LogP contribution in [0.3, 0.4) is 0 Å². The largest absolute Gasteiger partial charge is 0.396 e. The molecule has 30 heavy (non-hydrogen) atoms. The van der Waals surface area contributed by atoms with Gasteiger partial charge in [-0.25, -0.2) is 0 Å².